The topological polar surface area (TPSA) is 68.5 Å². The first-order valence-electron chi connectivity index (χ1n) is 11.2. The molecule has 6 heteroatoms. The number of fused-ring (bicyclic) bond motifs is 1. The number of benzene rings is 3. The lowest BCUT2D eigenvalue weighted by Gasteiger charge is -2.22. The summed E-state index contributed by atoms with van der Waals surface area (Å²) in [6.07, 6.45) is 2.08. The highest BCUT2D eigenvalue weighted by molar-refractivity contribution is 5.76. The number of aliphatic hydroxyl groups is 1. The fourth-order valence-corrected chi connectivity index (χ4v) is 4.14. The van der Waals surface area contributed by atoms with Crippen LogP contribution in [0.15, 0.2) is 73.1 Å². The molecule has 2 N–H and O–H groups in total. The minimum atomic E-state index is -0.727. The predicted molar refractivity (Wildman–Crippen MR) is 132 cm³/mol. The van der Waals surface area contributed by atoms with Gasteiger partial charge in [0.15, 0.2) is 11.5 Å². The fraction of sp³-hybridized carbons (Fsp3) is 0.296. The monoisotopic (exact) mass is 445 g/mol. The maximum atomic E-state index is 10.9. The summed E-state index contributed by atoms with van der Waals surface area (Å²) in [4.78, 5) is 4.45. The van der Waals surface area contributed by atoms with E-state index in [4.69, 9.17) is 9.47 Å². The molecule has 0 aliphatic rings. The van der Waals surface area contributed by atoms with Crippen LogP contribution in [0.2, 0.25) is 0 Å². The first kappa shape index (κ1) is 22.8. The van der Waals surface area contributed by atoms with Gasteiger partial charge in [-0.05, 0) is 37.1 Å². The van der Waals surface area contributed by atoms with Gasteiger partial charge in [-0.25, -0.2) is 4.98 Å². The van der Waals surface area contributed by atoms with Crippen LogP contribution >= 0.6 is 0 Å². The van der Waals surface area contributed by atoms with Gasteiger partial charge >= 0.3 is 0 Å². The lowest BCUT2D eigenvalue weighted by atomic mass is 9.99. The molecule has 3 aromatic carbocycles. The average molecular weight is 446 g/mol. The Morgan fingerprint density at radius 3 is 2.42 bits per heavy atom. The molecular weight excluding hydrogens is 414 g/mol. The van der Waals surface area contributed by atoms with Crippen molar-refractivity contribution in [1.82, 2.24) is 14.9 Å². The third-order valence-electron chi connectivity index (χ3n) is 5.98. The highest BCUT2D eigenvalue weighted by Crippen LogP contribution is 2.42. The number of para-hydroxylation sites is 2. The van der Waals surface area contributed by atoms with Crippen LogP contribution in [-0.4, -0.2) is 41.5 Å². The maximum Gasteiger partial charge on any atom is 0.168 e. The summed E-state index contributed by atoms with van der Waals surface area (Å²) in [6, 6.07) is 22.3. The Morgan fingerprint density at radius 2 is 1.67 bits per heavy atom. The Kier molecular flexibility index (Phi) is 7.27. The van der Waals surface area contributed by atoms with Gasteiger partial charge in [0.25, 0.3) is 0 Å². The number of hydrogen-bond acceptors (Lipinski definition) is 5. The van der Waals surface area contributed by atoms with Crippen LogP contribution in [0, 0.1) is 0 Å². The molecule has 4 aromatic rings. The number of nitrogens with one attached hydrogen (secondary N) is 1. The highest BCUT2D eigenvalue weighted by Gasteiger charge is 2.21. The lowest BCUT2D eigenvalue weighted by Crippen LogP contribution is -2.31. The number of nitrogens with zero attached hydrogens (tertiary/aromatic N) is 2. The van der Waals surface area contributed by atoms with E-state index >= 15 is 0 Å². The van der Waals surface area contributed by atoms with E-state index in [1.54, 1.807) is 14.2 Å². The van der Waals surface area contributed by atoms with Crippen LogP contribution < -0.4 is 14.8 Å². The number of hydrogen-bond donors (Lipinski definition) is 2. The van der Waals surface area contributed by atoms with Crippen molar-refractivity contribution in [2.75, 3.05) is 20.8 Å². The van der Waals surface area contributed by atoms with Crippen molar-refractivity contribution in [2.24, 2.45) is 0 Å². The quantitative estimate of drug-likeness (QED) is 0.366. The van der Waals surface area contributed by atoms with Crippen LogP contribution in [0.5, 0.6) is 11.5 Å². The molecule has 0 fully saturated rings. The third-order valence-corrected chi connectivity index (χ3v) is 5.98. The molecule has 0 saturated heterocycles. The van der Waals surface area contributed by atoms with E-state index in [0.717, 1.165) is 35.1 Å². The zero-order chi connectivity index (χ0) is 23.2. The van der Waals surface area contributed by atoms with Crippen LogP contribution in [0.25, 0.3) is 22.2 Å². The minimum Gasteiger partial charge on any atom is -0.492 e. The smallest absolute Gasteiger partial charge is 0.168 e. The molecule has 6 nitrogen and oxygen atoms in total. The Hall–Kier alpha value is -3.35. The van der Waals surface area contributed by atoms with Crippen molar-refractivity contribution in [1.29, 1.82) is 0 Å². The minimum absolute atomic E-state index is 0.220. The summed E-state index contributed by atoms with van der Waals surface area (Å²) in [7, 11) is 3.23. The van der Waals surface area contributed by atoms with Crippen molar-refractivity contribution >= 4 is 11.0 Å². The third kappa shape index (κ3) is 5.02. The normalized spacial score (nSPS) is 13.1. The van der Waals surface area contributed by atoms with Gasteiger partial charge in [0.2, 0.25) is 0 Å². The zero-order valence-corrected chi connectivity index (χ0v) is 19.4. The second-order valence-corrected chi connectivity index (χ2v) is 8.18. The van der Waals surface area contributed by atoms with Gasteiger partial charge in [0.1, 0.15) is 0 Å². The van der Waals surface area contributed by atoms with Crippen molar-refractivity contribution < 1.29 is 14.6 Å². The van der Waals surface area contributed by atoms with Gasteiger partial charge in [0.05, 0.1) is 37.7 Å². The second-order valence-electron chi connectivity index (χ2n) is 8.18. The van der Waals surface area contributed by atoms with Crippen molar-refractivity contribution in [2.45, 2.75) is 32.0 Å². The molecule has 1 aromatic heterocycles. The molecule has 1 heterocycles. The number of ether oxygens (including phenoxy) is 2. The van der Waals surface area contributed by atoms with Crippen LogP contribution in [-0.2, 0) is 6.54 Å². The van der Waals surface area contributed by atoms with E-state index in [9.17, 15) is 5.11 Å². The number of rotatable bonds is 10. The van der Waals surface area contributed by atoms with Gasteiger partial charge in [0, 0.05) is 30.3 Å². The molecule has 4 rings (SSSR count). The van der Waals surface area contributed by atoms with Gasteiger partial charge in [-0.2, -0.15) is 0 Å². The predicted octanol–water partition coefficient (Wildman–Crippen LogP) is 4.82. The standard InChI is InChI=1S/C27H31N3O3/c1-19(15-16-30-18-29-23-11-7-8-12-24(23)30)28-17-25(31)22-14-13-21(20-9-5-4-6-10-20)26(32-2)27(22)33-3/h4-14,18-19,25,28,31H,15-17H2,1-3H3. The van der Waals surface area contributed by atoms with Gasteiger partial charge in [-0.15, -0.1) is 0 Å². The maximum absolute atomic E-state index is 10.9. The van der Waals surface area contributed by atoms with E-state index in [-0.39, 0.29) is 6.04 Å². The molecule has 2 atom stereocenters. The Morgan fingerprint density at radius 1 is 0.939 bits per heavy atom. The van der Waals surface area contributed by atoms with E-state index in [2.05, 4.69) is 27.9 Å². The van der Waals surface area contributed by atoms with Crippen molar-refractivity contribution in [3.8, 4) is 22.6 Å². The SMILES string of the molecule is COc1c(-c2ccccc2)ccc(C(O)CNC(C)CCn2cnc3ccccc32)c1OC. The Bertz CT molecular complexity index is 1190. The zero-order valence-electron chi connectivity index (χ0n) is 19.4. The number of aryl methyl sites for hydroxylation is 1. The summed E-state index contributed by atoms with van der Waals surface area (Å²) in [5.74, 6) is 1.19. The first-order valence-corrected chi connectivity index (χ1v) is 11.2. The summed E-state index contributed by atoms with van der Waals surface area (Å²) in [5.41, 5.74) is 4.81. The molecule has 0 spiro atoms. The molecule has 2 unspecified atom stereocenters. The summed E-state index contributed by atoms with van der Waals surface area (Å²) < 4.78 is 13.5. The van der Waals surface area contributed by atoms with Crippen LogP contribution in [0.1, 0.15) is 25.0 Å². The number of aliphatic hydroxyl groups excluding tert-OH is 1. The molecule has 172 valence electrons. The van der Waals surface area contributed by atoms with Crippen molar-refractivity contribution in [3.05, 3.63) is 78.6 Å². The van der Waals surface area contributed by atoms with Crippen LogP contribution in [0.3, 0.4) is 0 Å². The van der Waals surface area contributed by atoms with E-state index in [1.165, 1.54) is 0 Å². The molecule has 0 aliphatic carbocycles. The van der Waals surface area contributed by atoms with E-state index in [0.29, 0.717) is 23.6 Å². The van der Waals surface area contributed by atoms with Crippen LogP contribution in [0.4, 0.5) is 0 Å². The molecule has 0 aliphatic heterocycles. The summed E-state index contributed by atoms with van der Waals surface area (Å²) in [5, 5.41) is 14.4. The van der Waals surface area contributed by atoms with E-state index < -0.39 is 6.10 Å². The first-order chi connectivity index (χ1) is 16.1. The number of imidazole rings is 1. The van der Waals surface area contributed by atoms with Crippen molar-refractivity contribution in [3.63, 3.8) is 0 Å². The fourth-order valence-electron chi connectivity index (χ4n) is 4.14. The number of methoxy groups -OCH3 is 2. The molecule has 33 heavy (non-hydrogen) atoms. The van der Waals surface area contributed by atoms with Gasteiger partial charge < -0.3 is 24.5 Å². The molecule has 0 amide bonds. The summed E-state index contributed by atoms with van der Waals surface area (Å²) >= 11 is 0. The summed E-state index contributed by atoms with van der Waals surface area (Å²) in [6.45, 7) is 3.39. The molecule has 0 saturated carbocycles. The Labute approximate surface area is 194 Å². The average Bonchev–Trinajstić information content (AvgIpc) is 3.28. The molecule has 0 radical (unpaired) electrons. The van der Waals surface area contributed by atoms with E-state index in [1.807, 2.05) is 67.0 Å². The number of aromatic nitrogens is 2. The largest absolute Gasteiger partial charge is 0.492 e. The van der Waals surface area contributed by atoms with Gasteiger partial charge in [-0.3, -0.25) is 0 Å². The molecule has 0 bridgehead atoms. The van der Waals surface area contributed by atoms with Gasteiger partial charge in [-0.1, -0.05) is 48.5 Å². The molecular formula is C27H31N3O3. The highest BCUT2D eigenvalue weighted by atomic mass is 16.5. The Balaban J connectivity index is 1.41. The lowest BCUT2D eigenvalue weighted by molar-refractivity contribution is 0.164. The second kappa shape index (κ2) is 10.5.